The van der Waals surface area contributed by atoms with Crippen molar-refractivity contribution >= 4 is 23.6 Å². The maximum absolute atomic E-state index is 12.5. The summed E-state index contributed by atoms with van der Waals surface area (Å²) >= 11 is 1.61. The Morgan fingerprint density at radius 1 is 0.885 bits per heavy atom. The summed E-state index contributed by atoms with van der Waals surface area (Å²) in [6.45, 7) is 7.42. The highest BCUT2D eigenvalue weighted by molar-refractivity contribution is 8.00. The Labute approximate surface area is 160 Å². The van der Waals surface area contributed by atoms with Crippen molar-refractivity contribution in [2.75, 3.05) is 51.6 Å². The predicted molar refractivity (Wildman–Crippen MR) is 105 cm³/mol. The first kappa shape index (κ1) is 19.2. The van der Waals surface area contributed by atoms with Crippen LogP contribution in [0.4, 0.5) is 0 Å². The second-order valence-corrected chi connectivity index (χ2v) is 8.17. The lowest BCUT2D eigenvalue weighted by molar-refractivity contribution is -0.134. The molecule has 2 aliphatic heterocycles. The zero-order valence-corrected chi connectivity index (χ0v) is 16.5. The molecule has 3 rings (SSSR count). The summed E-state index contributed by atoms with van der Waals surface area (Å²) in [5.74, 6) is 0.928. The first-order chi connectivity index (χ1) is 12.6. The van der Waals surface area contributed by atoms with Gasteiger partial charge in [-0.1, -0.05) is 18.2 Å². The number of aryl methyl sites for hydroxylation is 1. The molecule has 0 saturated carbocycles. The zero-order valence-electron chi connectivity index (χ0n) is 15.7. The Hall–Kier alpha value is -1.53. The van der Waals surface area contributed by atoms with Gasteiger partial charge >= 0.3 is 0 Å². The summed E-state index contributed by atoms with van der Waals surface area (Å²) in [6, 6.07) is 8.17. The van der Waals surface area contributed by atoms with Crippen molar-refractivity contribution in [3.05, 3.63) is 29.8 Å². The van der Waals surface area contributed by atoms with E-state index in [1.807, 2.05) is 21.9 Å². The standard InChI is InChI=1S/C20H29N3O2S/c1-17-7-3-4-8-18(17)26-16-20(25)23-13-11-21(12-14-23)15-19(24)22-9-5-2-6-10-22/h3-4,7-8H,2,5-6,9-16H2,1H3. The highest BCUT2D eigenvalue weighted by atomic mass is 32.2. The van der Waals surface area contributed by atoms with Gasteiger partial charge in [-0.2, -0.15) is 0 Å². The van der Waals surface area contributed by atoms with Crippen molar-refractivity contribution in [2.24, 2.45) is 0 Å². The minimum absolute atomic E-state index is 0.195. The number of rotatable bonds is 5. The van der Waals surface area contributed by atoms with E-state index in [1.54, 1.807) is 11.8 Å². The molecule has 0 aliphatic carbocycles. The fourth-order valence-corrected chi connectivity index (χ4v) is 4.47. The Morgan fingerprint density at radius 3 is 2.23 bits per heavy atom. The zero-order chi connectivity index (χ0) is 18.4. The van der Waals surface area contributed by atoms with Crippen LogP contribution >= 0.6 is 11.8 Å². The van der Waals surface area contributed by atoms with E-state index in [4.69, 9.17) is 0 Å². The third-order valence-electron chi connectivity index (χ3n) is 5.24. The number of nitrogens with zero attached hydrogens (tertiary/aromatic N) is 3. The quantitative estimate of drug-likeness (QED) is 0.741. The number of thioether (sulfide) groups is 1. The summed E-state index contributed by atoms with van der Waals surface area (Å²) in [7, 11) is 0. The van der Waals surface area contributed by atoms with Crippen LogP contribution in [0.25, 0.3) is 0 Å². The number of hydrogen-bond donors (Lipinski definition) is 0. The molecule has 26 heavy (non-hydrogen) atoms. The van der Waals surface area contributed by atoms with Crippen LogP contribution in [-0.2, 0) is 9.59 Å². The molecule has 0 spiro atoms. The van der Waals surface area contributed by atoms with Crippen LogP contribution in [0.2, 0.25) is 0 Å². The average molecular weight is 376 g/mol. The van der Waals surface area contributed by atoms with Crippen LogP contribution in [0.3, 0.4) is 0 Å². The number of hydrogen-bond acceptors (Lipinski definition) is 4. The Kier molecular flexibility index (Phi) is 6.97. The molecule has 2 amide bonds. The maximum atomic E-state index is 12.5. The number of amides is 2. The Balaban J connectivity index is 1.39. The summed E-state index contributed by atoms with van der Waals surface area (Å²) in [4.78, 5) is 32.1. The van der Waals surface area contributed by atoms with E-state index >= 15 is 0 Å². The van der Waals surface area contributed by atoms with Gasteiger partial charge in [0.25, 0.3) is 0 Å². The number of carbonyl (C=O) groups excluding carboxylic acids is 2. The molecule has 0 aromatic heterocycles. The van der Waals surface area contributed by atoms with E-state index in [-0.39, 0.29) is 11.8 Å². The molecule has 0 N–H and O–H groups in total. The first-order valence-electron chi connectivity index (χ1n) is 9.60. The van der Waals surface area contributed by atoms with E-state index in [1.165, 1.54) is 16.9 Å². The summed E-state index contributed by atoms with van der Waals surface area (Å²) in [5, 5.41) is 0. The van der Waals surface area contributed by atoms with Crippen LogP contribution in [0, 0.1) is 6.92 Å². The molecule has 2 heterocycles. The highest BCUT2D eigenvalue weighted by Gasteiger charge is 2.24. The van der Waals surface area contributed by atoms with Gasteiger partial charge in [0.2, 0.25) is 11.8 Å². The smallest absolute Gasteiger partial charge is 0.236 e. The lowest BCUT2D eigenvalue weighted by atomic mass is 10.1. The second kappa shape index (κ2) is 9.42. The van der Waals surface area contributed by atoms with Crippen LogP contribution < -0.4 is 0 Å². The molecule has 142 valence electrons. The molecule has 5 nitrogen and oxygen atoms in total. The topological polar surface area (TPSA) is 43.9 Å². The van der Waals surface area contributed by atoms with Gasteiger partial charge in [0, 0.05) is 44.2 Å². The molecule has 0 unspecified atom stereocenters. The number of carbonyl (C=O) groups is 2. The molecule has 6 heteroatoms. The molecule has 2 saturated heterocycles. The number of piperidine rings is 1. The van der Waals surface area contributed by atoms with Gasteiger partial charge in [0.1, 0.15) is 0 Å². The summed E-state index contributed by atoms with van der Waals surface area (Å²) < 4.78 is 0. The van der Waals surface area contributed by atoms with E-state index in [0.717, 1.165) is 52.1 Å². The van der Waals surface area contributed by atoms with Crippen molar-refractivity contribution in [3.63, 3.8) is 0 Å². The summed E-state index contributed by atoms with van der Waals surface area (Å²) in [5.41, 5.74) is 1.21. The van der Waals surface area contributed by atoms with Crippen molar-refractivity contribution in [1.29, 1.82) is 0 Å². The molecule has 2 aliphatic rings. The number of benzene rings is 1. The van der Waals surface area contributed by atoms with Gasteiger partial charge in [0.15, 0.2) is 0 Å². The van der Waals surface area contributed by atoms with E-state index in [2.05, 4.69) is 24.0 Å². The number of piperazine rings is 1. The molecule has 0 atom stereocenters. The molecule has 0 bridgehead atoms. The maximum Gasteiger partial charge on any atom is 0.236 e. The predicted octanol–water partition coefficient (Wildman–Crippen LogP) is 2.24. The Morgan fingerprint density at radius 2 is 1.54 bits per heavy atom. The molecule has 2 fully saturated rings. The highest BCUT2D eigenvalue weighted by Crippen LogP contribution is 2.22. The third kappa shape index (κ3) is 5.24. The third-order valence-corrected chi connectivity index (χ3v) is 6.40. The molecular formula is C20H29N3O2S. The van der Waals surface area contributed by atoms with E-state index in [0.29, 0.717) is 12.3 Å². The van der Waals surface area contributed by atoms with Gasteiger partial charge < -0.3 is 9.80 Å². The normalized spacial score (nSPS) is 18.8. The van der Waals surface area contributed by atoms with Gasteiger partial charge in [-0.15, -0.1) is 11.8 Å². The fraction of sp³-hybridized carbons (Fsp3) is 0.600. The molecular weight excluding hydrogens is 346 g/mol. The molecule has 1 aromatic carbocycles. The molecule has 0 radical (unpaired) electrons. The van der Waals surface area contributed by atoms with Crippen LogP contribution in [0.5, 0.6) is 0 Å². The van der Waals surface area contributed by atoms with Gasteiger partial charge in [-0.05, 0) is 37.8 Å². The summed E-state index contributed by atoms with van der Waals surface area (Å²) in [6.07, 6.45) is 3.50. The minimum Gasteiger partial charge on any atom is -0.342 e. The van der Waals surface area contributed by atoms with Crippen molar-refractivity contribution in [1.82, 2.24) is 14.7 Å². The van der Waals surface area contributed by atoms with Crippen LogP contribution in [0.15, 0.2) is 29.2 Å². The minimum atomic E-state index is 0.195. The van der Waals surface area contributed by atoms with Crippen molar-refractivity contribution in [2.45, 2.75) is 31.1 Å². The van der Waals surface area contributed by atoms with Crippen LogP contribution in [0.1, 0.15) is 24.8 Å². The van der Waals surface area contributed by atoms with E-state index in [9.17, 15) is 9.59 Å². The average Bonchev–Trinajstić information content (AvgIpc) is 2.68. The van der Waals surface area contributed by atoms with E-state index < -0.39 is 0 Å². The first-order valence-corrected chi connectivity index (χ1v) is 10.6. The Bertz CT molecular complexity index is 623. The molecule has 1 aromatic rings. The number of likely N-dealkylation sites (tertiary alicyclic amines) is 1. The monoisotopic (exact) mass is 375 g/mol. The van der Waals surface area contributed by atoms with Crippen molar-refractivity contribution < 1.29 is 9.59 Å². The largest absolute Gasteiger partial charge is 0.342 e. The van der Waals surface area contributed by atoms with Crippen molar-refractivity contribution in [3.8, 4) is 0 Å². The fourth-order valence-electron chi connectivity index (χ4n) is 3.54. The van der Waals surface area contributed by atoms with Crippen LogP contribution in [-0.4, -0.2) is 78.1 Å². The van der Waals surface area contributed by atoms with Gasteiger partial charge in [-0.3, -0.25) is 14.5 Å². The lowest BCUT2D eigenvalue weighted by Crippen LogP contribution is -2.52. The lowest BCUT2D eigenvalue weighted by Gasteiger charge is -2.36. The van der Waals surface area contributed by atoms with Gasteiger partial charge in [-0.25, -0.2) is 0 Å². The second-order valence-electron chi connectivity index (χ2n) is 7.15. The van der Waals surface area contributed by atoms with Gasteiger partial charge in [0.05, 0.1) is 12.3 Å². The SMILES string of the molecule is Cc1ccccc1SCC(=O)N1CCN(CC(=O)N2CCCCC2)CC1.